The number of carbonyl (C=O) groups excluding carboxylic acids is 1. The second-order valence-corrected chi connectivity index (χ2v) is 9.48. The average molecular weight is 433 g/mol. The molecule has 2 rings (SSSR count). The number of benzene rings is 1. The van der Waals surface area contributed by atoms with Crippen molar-refractivity contribution in [1.82, 2.24) is 4.90 Å². The minimum Gasteiger partial charge on any atom is -0.462 e. The zero-order valence-electron chi connectivity index (χ0n) is 18.0. The molecule has 29 heavy (non-hydrogen) atoms. The number of esters is 1. The Bertz CT molecular complexity index is 790. The molecule has 2 aromatic rings. The topological polar surface area (TPSA) is 41.6 Å². The monoisotopic (exact) mass is 432 g/mol. The minimum atomic E-state index is -0.312. The first kappa shape index (κ1) is 23.4. The summed E-state index contributed by atoms with van der Waals surface area (Å²) in [4.78, 5) is 15.8. The fourth-order valence-corrected chi connectivity index (χ4v) is 4.47. The highest BCUT2D eigenvalue weighted by Crippen LogP contribution is 2.31. The zero-order valence-corrected chi connectivity index (χ0v) is 19.7. The number of thiophene rings is 1. The summed E-state index contributed by atoms with van der Waals surface area (Å²) in [5, 5.41) is 4.76. The zero-order chi connectivity index (χ0) is 21.4. The van der Waals surface area contributed by atoms with Crippen LogP contribution < -0.4 is 5.32 Å². The second-order valence-electron chi connectivity index (χ2n) is 7.96. The van der Waals surface area contributed by atoms with Gasteiger partial charge in [0.2, 0.25) is 0 Å². The number of rotatable bonds is 9. The Kier molecular flexibility index (Phi) is 9.11. The summed E-state index contributed by atoms with van der Waals surface area (Å²) in [5.41, 5.74) is 1.76. The quantitative estimate of drug-likeness (QED) is 0.399. The fraction of sp³-hybridized carbons (Fsp3) is 0.478. The molecule has 1 aromatic carbocycles. The molecule has 4 nitrogen and oxygen atoms in total. The van der Waals surface area contributed by atoms with Gasteiger partial charge < -0.3 is 15.0 Å². The van der Waals surface area contributed by atoms with Crippen LogP contribution in [0.15, 0.2) is 36.4 Å². The molecule has 0 atom stereocenters. The number of carbonyl (C=O) groups is 1. The van der Waals surface area contributed by atoms with Crippen molar-refractivity contribution in [3.8, 4) is 0 Å². The van der Waals surface area contributed by atoms with Gasteiger partial charge in [0.1, 0.15) is 5.00 Å². The predicted molar refractivity (Wildman–Crippen MR) is 127 cm³/mol. The van der Waals surface area contributed by atoms with Gasteiger partial charge in [-0.1, -0.05) is 58.0 Å². The van der Waals surface area contributed by atoms with Crippen LogP contribution >= 0.6 is 23.6 Å². The molecule has 0 saturated carbocycles. The van der Waals surface area contributed by atoms with E-state index in [1.165, 1.54) is 5.56 Å². The molecule has 0 aliphatic heterocycles. The SMILES string of the molecule is CCOC(=O)c1cc(Cc2ccccc2)sc1NC(=S)N(CC(C)C)CC(C)C. The van der Waals surface area contributed by atoms with Crippen LogP contribution in [0.4, 0.5) is 5.00 Å². The Morgan fingerprint density at radius 1 is 1.14 bits per heavy atom. The highest BCUT2D eigenvalue weighted by Gasteiger charge is 2.21. The van der Waals surface area contributed by atoms with Crippen molar-refractivity contribution in [2.24, 2.45) is 11.8 Å². The summed E-state index contributed by atoms with van der Waals surface area (Å²) in [6, 6.07) is 12.2. The molecule has 0 amide bonds. The normalized spacial score (nSPS) is 11.0. The highest BCUT2D eigenvalue weighted by molar-refractivity contribution is 7.80. The van der Waals surface area contributed by atoms with Crippen LogP contribution in [0.3, 0.4) is 0 Å². The van der Waals surface area contributed by atoms with E-state index in [9.17, 15) is 4.79 Å². The van der Waals surface area contributed by atoms with Gasteiger partial charge in [-0.25, -0.2) is 4.79 Å². The first-order chi connectivity index (χ1) is 13.8. The highest BCUT2D eigenvalue weighted by atomic mass is 32.1. The summed E-state index contributed by atoms with van der Waals surface area (Å²) in [6.45, 7) is 12.7. The van der Waals surface area contributed by atoms with Gasteiger partial charge in [0.15, 0.2) is 5.11 Å². The van der Waals surface area contributed by atoms with Gasteiger partial charge in [-0.2, -0.15) is 0 Å². The van der Waals surface area contributed by atoms with Gasteiger partial charge in [0.25, 0.3) is 0 Å². The molecule has 6 heteroatoms. The van der Waals surface area contributed by atoms with Crippen molar-refractivity contribution in [1.29, 1.82) is 0 Å². The van der Waals surface area contributed by atoms with Crippen LogP contribution in [-0.4, -0.2) is 35.7 Å². The van der Waals surface area contributed by atoms with Crippen LogP contribution in [0.1, 0.15) is 55.4 Å². The van der Waals surface area contributed by atoms with E-state index in [0.29, 0.717) is 29.1 Å². The summed E-state index contributed by atoms with van der Waals surface area (Å²) in [7, 11) is 0. The van der Waals surface area contributed by atoms with Crippen LogP contribution in [0.2, 0.25) is 0 Å². The summed E-state index contributed by atoms with van der Waals surface area (Å²) in [5.74, 6) is 0.678. The Balaban J connectivity index is 2.25. The van der Waals surface area contributed by atoms with Crippen molar-refractivity contribution >= 4 is 39.6 Å². The average Bonchev–Trinajstić information content (AvgIpc) is 3.03. The molecular weight excluding hydrogens is 400 g/mol. The van der Waals surface area contributed by atoms with E-state index in [2.05, 4.69) is 50.0 Å². The number of hydrogen-bond donors (Lipinski definition) is 1. The Labute approximate surface area is 184 Å². The molecule has 1 heterocycles. The maximum Gasteiger partial charge on any atom is 0.341 e. The Morgan fingerprint density at radius 3 is 2.31 bits per heavy atom. The number of anilines is 1. The van der Waals surface area contributed by atoms with E-state index < -0.39 is 0 Å². The van der Waals surface area contributed by atoms with Crippen LogP contribution in [0.5, 0.6) is 0 Å². The predicted octanol–water partition coefficient (Wildman–Crippen LogP) is 5.83. The lowest BCUT2D eigenvalue weighted by Crippen LogP contribution is -2.39. The van der Waals surface area contributed by atoms with Gasteiger partial charge in [0.05, 0.1) is 12.2 Å². The smallest absolute Gasteiger partial charge is 0.341 e. The van der Waals surface area contributed by atoms with Gasteiger partial charge in [-0.3, -0.25) is 0 Å². The van der Waals surface area contributed by atoms with Crippen molar-refractivity contribution in [3.63, 3.8) is 0 Å². The maximum absolute atomic E-state index is 12.5. The van der Waals surface area contributed by atoms with Crippen molar-refractivity contribution in [2.45, 2.75) is 41.0 Å². The molecule has 0 saturated heterocycles. The summed E-state index contributed by atoms with van der Waals surface area (Å²) >= 11 is 7.28. The van der Waals surface area contributed by atoms with Crippen molar-refractivity contribution < 1.29 is 9.53 Å². The van der Waals surface area contributed by atoms with Crippen LogP contribution in [0.25, 0.3) is 0 Å². The number of nitrogens with one attached hydrogen (secondary N) is 1. The van der Waals surface area contributed by atoms with E-state index in [0.717, 1.165) is 29.4 Å². The van der Waals surface area contributed by atoms with E-state index in [-0.39, 0.29) is 5.97 Å². The third-order valence-electron chi connectivity index (χ3n) is 4.18. The lowest BCUT2D eigenvalue weighted by molar-refractivity contribution is 0.0528. The van der Waals surface area contributed by atoms with Gasteiger partial charge in [0, 0.05) is 24.4 Å². The maximum atomic E-state index is 12.5. The van der Waals surface area contributed by atoms with E-state index >= 15 is 0 Å². The van der Waals surface area contributed by atoms with Gasteiger partial charge in [-0.15, -0.1) is 11.3 Å². The third-order valence-corrected chi connectivity index (χ3v) is 5.59. The number of nitrogens with zero attached hydrogens (tertiary/aromatic N) is 1. The molecule has 1 N–H and O–H groups in total. The molecule has 1 aromatic heterocycles. The van der Waals surface area contributed by atoms with Gasteiger partial charge >= 0.3 is 5.97 Å². The standard InChI is InChI=1S/C23H32N2O2S2/c1-6-27-22(26)20-13-19(12-18-10-8-7-9-11-18)29-21(20)24-23(28)25(14-16(2)3)15-17(4)5/h7-11,13,16-17H,6,12,14-15H2,1-5H3,(H,24,28). The molecule has 0 bridgehead atoms. The molecule has 0 aliphatic carbocycles. The minimum absolute atomic E-state index is 0.312. The first-order valence-corrected chi connectivity index (χ1v) is 11.4. The molecule has 0 spiro atoms. The number of hydrogen-bond acceptors (Lipinski definition) is 4. The third kappa shape index (κ3) is 7.44. The van der Waals surface area contributed by atoms with E-state index in [1.807, 2.05) is 31.2 Å². The lowest BCUT2D eigenvalue weighted by Gasteiger charge is -2.29. The number of thiocarbonyl (C=S) groups is 1. The van der Waals surface area contributed by atoms with Gasteiger partial charge in [-0.05, 0) is 42.6 Å². The molecule has 0 unspecified atom stereocenters. The summed E-state index contributed by atoms with van der Waals surface area (Å²) in [6.07, 6.45) is 0.772. The second kappa shape index (κ2) is 11.3. The fourth-order valence-electron chi connectivity index (χ4n) is 3.08. The van der Waals surface area contributed by atoms with Crippen LogP contribution in [0, 0.1) is 11.8 Å². The first-order valence-electron chi connectivity index (χ1n) is 10.2. The number of ether oxygens (including phenoxy) is 1. The van der Waals surface area contributed by atoms with Crippen molar-refractivity contribution in [2.75, 3.05) is 25.0 Å². The Morgan fingerprint density at radius 2 is 1.76 bits per heavy atom. The molecule has 0 radical (unpaired) electrons. The summed E-state index contributed by atoms with van der Waals surface area (Å²) < 4.78 is 5.27. The Hall–Kier alpha value is -1.92. The lowest BCUT2D eigenvalue weighted by atomic mass is 10.1. The molecule has 158 valence electrons. The van der Waals surface area contributed by atoms with Crippen molar-refractivity contribution in [3.05, 3.63) is 52.4 Å². The largest absolute Gasteiger partial charge is 0.462 e. The van der Waals surface area contributed by atoms with E-state index in [4.69, 9.17) is 17.0 Å². The van der Waals surface area contributed by atoms with E-state index in [1.54, 1.807) is 11.3 Å². The molecule has 0 fully saturated rings. The molecule has 0 aliphatic rings. The molecular formula is C23H32N2O2S2. The van der Waals surface area contributed by atoms with Crippen LogP contribution in [-0.2, 0) is 11.2 Å².